The summed E-state index contributed by atoms with van der Waals surface area (Å²) in [5.41, 5.74) is 0.985. The van der Waals surface area contributed by atoms with Gasteiger partial charge in [0, 0.05) is 44.0 Å². The Labute approximate surface area is 177 Å². The largest absolute Gasteiger partial charge is 0.356 e. The van der Waals surface area contributed by atoms with Gasteiger partial charge in [-0.05, 0) is 30.5 Å². The number of halogens is 1. The molecule has 7 heteroatoms. The number of nitrogens with one attached hydrogen (secondary N) is 1. The van der Waals surface area contributed by atoms with Crippen LogP contribution in [0.2, 0.25) is 0 Å². The first-order chi connectivity index (χ1) is 14.1. The van der Waals surface area contributed by atoms with E-state index in [-0.39, 0.29) is 11.7 Å². The molecule has 0 saturated carbocycles. The van der Waals surface area contributed by atoms with Crippen LogP contribution in [0.5, 0.6) is 0 Å². The van der Waals surface area contributed by atoms with E-state index in [0.717, 1.165) is 48.9 Å². The second kappa shape index (κ2) is 13.2. The minimum atomic E-state index is -0.241. The highest BCUT2D eigenvalue weighted by molar-refractivity contribution is 7.09. The van der Waals surface area contributed by atoms with E-state index in [9.17, 15) is 9.18 Å². The molecule has 0 saturated heterocycles. The number of rotatable bonds is 14. The van der Waals surface area contributed by atoms with E-state index in [0.29, 0.717) is 19.4 Å². The molecule has 0 atom stereocenters. The lowest BCUT2D eigenvalue weighted by Crippen LogP contribution is -2.32. The summed E-state index contributed by atoms with van der Waals surface area (Å²) >= 11 is 1.37. The van der Waals surface area contributed by atoms with Crippen LogP contribution in [0, 0.1) is 5.82 Å². The summed E-state index contributed by atoms with van der Waals surface area (Å²) < 4.78 is 17.5. The zero-order valence-electron chi connectivity index (χ0n) is 17.6. The van der Waals surface area contributed by atoms with Crippen LogP contribution in [0.15, 0.2) is 24.3 Å². The predicted octanol–water partition coefficient (Wildman–Crippen LogP) is 4.96. The fraction of sp³-hybridized carbons (Fsp3) is 0.591. The van der Waals surface area contributed by atoms with Crippen molar-refractivity contribution >= 4 is 22.6 Å². The van der Waals surface area contributed by atoms with E-state index in [1.165, 1.54) is 42.9 Å². The summed E-state index contributed by atoms with van der Waals surface area (Å²) in [7, 11) is 0. The van der Waals surface area contributed by atoms with Crippen LogP contribution >= 0.6 is 11.5 Å². The first-order valence-corrected chi connectivity index (χ1v) is 11.5. The maximum atomic E-state index is 13.1. The molecule has 160 valence electrons. The fourth-order valence-corrected chi connectivity index (χ4v) is 3.72. The van der Waals surface area contributed by atoms with Gasteiger partial charge in [-0.15, -0.1) is 0 Å². The van der Waals surface area contributed by atoms with E-state index >= 15 is 0 Å². The van der Waals surface area contributed by atoms with Crippen molar-refractivity contribution in [3.63, 3.8) is 0 Å². The van der Waals surface area contributed by atoms with Gasteiger partial charge in [-0.2, -0.15) is 4.37 Å². The Balaban J connectivity index is 1.86. The topological polar surface area (TPSA) is 58.1 Å². The summed E-state index contributed by atoms with van der Waals surface area (Å²) in [5.74, 6) is 0.590. The van der Waals surface area contributed by atoms with E-state index < -0.39 is 0 Å². The molecule has 0 aliphatic carbocycles. The van der Waals surface area contributed by atoms with Gasteiger partial charge in [0.15, 0.2) is 0 Å². The quantitative estimate of drug-likeness (QED) is 0.439. The van der Waals surface area contributed by atoms with Gasteiger partial charge >= 0.3 is 0 Å². The van der Waals surface area contributed by atoms with Gasteiger partial charge in [-0.25, -0.2) is 9.37 Å². The average Bonchev–Trinajstić information content (AvgIpc) is 3.18. The summed E-state index contributed by atoms with van der Waals surface area (Å²) in [6, 6.07) is 6.43. The highest BCUT2D eigenvalue weighted by atomic mass is 32.1. The molecule has 2 rings (SSSR count). The van der Waals surface area contributed by atoms with Crippen molar-refractivity contribution in [2.24, 2.45) is 0 Å². The molecule has 1 heterocycles. The molecule has 5 nitrogen and oxygen atoms in total. The van der Waals surface area contributed by atoms with Crippen molar-refractivity contribution in [2.45, 2.75) is 65.2 Å². The van der Waals surface area contributed by atoms with Gasteiger partial charge in [0.05, 0.1) is 0 Å². The number of carbonyl (C=O) groups excluding carboxylic acids is 1. The molecule has 2 aromatic rings. The second-order valence-electron chi connectivity index (χ2n) is 7.30. The molecule has 1 aromatic carbocycles. The summed E-state index contributed by atoms with van der Waals surface area (Å²) in [6.45, 7) is 6.61. The molecule has 0 spiro atoms. The van der Waals surface area contributed by atoms with Crippen LogP contribution in [0.1, 0.15) is 70.2 Å². The van der Waals surface area contributed by atoms with Crippen LogP contribution in [0.4, 0.5) is 9.52 Å². The number of nitrogens with zero attached hydrogens (tertiary/aromatic N) is 3. The number of amides is 1. The van der Waals surface area contributed by atoms with Crippen molar-refractivity contribution in [2.75, 3.05) is 24.5 Å². The highest BCUT2D eigenvalue weighted by Gasteiger charge is 2.14. The monoisotopic (exact) mass is 420 g/mol. The lowest BCUT2D eigenvalue weighted by molar-refractivity contribution is -0.120. The number of unbranched alkanes of at least 4 members (excludes halogenated alkanes) is 4. The first kappa shape index (κ1) is 23.3. The molecule has 0 bridgehead atoms. The number of hydrogen-bond donors (Lipinski definition) is 1. The Morgan fingerprint density at radius 2 is 1.83 bits per heavy atom. The van der Waals surface area contributed by atoms with Crippen molar-refractivity contribution in [3.05, 3.63) is 41.5 Å². The predicted molar refractivity (Wildman–Crippen MR) is 118 cm³/mol. The van der Waals surface area contributed by atoms with E-state index in [4.69, 9.17) is 0 Å². The van der Waals surface area contributed by atoms with Crippen molar-refractivity contribution < 1.29 is 9.18 Å². The minimum absolute atomic E-state index is 0.0963. The highest BCUT2D eigenvalue weighted by Crippen LogP contribution is 2.20. The normalized spacial score (nSPS) is 10.9. The third-order valence-corrected chi connectivity index (χ3v) is 5.56. The van der Waals surface area contributed by atoms with Gasteiger partial charge in [-0.3, -0.25) is 4.79 Å². The molecule has 0 aliphatic rings. The van der Waals surface area contributed by atoms with Crippen LogP contribution in [0.3, 0.4) is 0 Å². The molecule has 0 unspecified atom stereocenters. The van der Waals surface area contributed by atoms with E-state index in [2.05, 4.69) is 33.4 Å². The molecular weight excluding hydrogens is 387 g/mol. The number of hydrogen-bond acceptors (Lipinski definition) is 5. The summed E-state index contributed by atoms with van der Waals surface area (Å²) in [6.07, 6.45) is 7.81. The minimum Gasteiger partial charge on any atom is -0.356 e. The Morgan fingerprint density at radius 1 is 1.07 bits per heavy atom. The first-order valence-electron chi connectivity index (χ1n) is 10.7. The fourth-order valence-electron chi connectivity index (χ4n) is 2.99. The van der Waals surface area contributed by atoms with Crippen LogP contribution in [0.25, 0.3) is 0 Å². The van der Waals surface area contributed by atoms with E-state index in [1.54, 1.807) is 12.1 Å². The van der Waals surface area contributed by atoms with Crippen LogP contribution in [-0.2, 0) is 11.2 Å². The lowest BCUT2D eigenvalue weighted by atomic mass is 10.1. The Morgan fingerprint density at radius 3 is 2.55 bits per heavy atom. The van der Waals surface area contributed by atoms with Crippen molar-refractivity contribution in [1.29, 1.82) is 0 Å². The van der Waals surface area contributed by atoms with Gasteiger partial charge in [0.25, 0.3) is 0 Å². The summed E-state index contributed by atoms with van der Waals surface area (Å²) in [5, 5.41) is 3.87. The molecule has 1 amide bonds. The van der Waals surface area contributed by atoms with Gasteiger partial charge in [0.1, 0.15) is 11.6 Å². The molecule has 0 aliphatic heterocycles. The molecule has 1 aromatic heterocycles. The molecular formula is C22H33FN4OS. The van der Waals surface area contributed by atoms with Gasteiger partial charge < -0.3 is 10.2 Å². The number of benzene rings is 1. The molecule has 0 fully saturated rings. The zero-order chi connectivity index (χ0) is 20.9. The Kier molecular flexibility index (Phi) is 10.6. The Hall–Kier alpha value is -2.02. The van der Waals surface area contributed by atoms with Crippen LogP contribution in [-0.4, -0.2) is 34.9 Å². The van der Waals surface area contributed by atoms with E-state index in [1.807, 2.05) is 0 Å². The Bertz CT molecular complexity index is 720. The summed E-state index contributed by atoms with van der Waals surface area (Å²) in [4.78, 5) is 19.0. The third kappa shape index (κ3) is 8.90. The smallest absolute Gasteiger partial charge is 0.221 e. The molecule has 29 heavy (non-hydrogen) atoms. The number of anilines is 1. The zero-order valence-corrected chi connectivity index (χ0v) is 18.4. The van der Waals surface area contributed by atoms with Crippen molar-refractivity contribution in [1.82, 2.24) is 14.7 Å². The SMILES string of the molecule is CCCCCCNC(=O)CCN(CCCC)c1nc(Cc2ccc(F)cc2)ns1. The maximum Gasteiger partial charge on any atom is 0.221 e. The van der Waals surface area contributed by atoms with Gasteiger partial charge in [-0.1, -0.05) is 51.7 Å². The van der Waals surface area contributed by atoms with Crippen LogP contribution < -0.4 is 10.2 Å². The molecule has 0 radical (unpaired) electrons. The number of carbonyl (C=O) groups is 1. The maximum absolute atomic E-state index is 13.1. The van der Waals surface area contributed by atoms with Crippen molar-refractivity contribution in [3.8, 4) is 0 Å². The van der Waals surface area contributed by atoms with Gasteiger partial charge in [0.2, 0.25) is 11.0 Å². The average molecular weight is 421 g/mol. The standard InChI is InChI=1S/C22H33FN4OS/c1-3-5-7-8-14-24-21(28)13-16-27(15-6-4-2)22-25-20(26-29-22)17-18-9-11-19(23)12-10-18/h9-12H,3-8,13-17H2,1-2H3,(H,24,28). The second-order valence-corrected chi connectivity index (χ2v) is 8.03. The lowest BCUT2D eigenvalue weighted by Gasteiger charge is -2.20. The third-order valence-electron chi connectivity index (χ3n) is 4.75. The molecule has 1 N–H and O–H groups in total. The number of aromatic nitrogens is 2.